The summed E-state index contributed by atoms with van der Waals surface area (Å²) < 4.78 is 37.0. The predicted molar refractivity (Wildman–Crippen MR) is 54.3 cm³/mol. The van der Waals surface area contributed by atoms with Gasteiger partial charge in [-0.3, -0.25) is 4.99 Å². The Morgan fingerprint density at radius 1 is 1.24 bits per heavy atom. The molecule has 86 valence electrons. The lowest BCUT2D eigenvalue weighted by molar-refractivity contribution is -0.137. The summed E-state index contributed by atoms with van der Waals surface area (Å²) in [5, 5.41) is 16.9. The Kier molecular flexibility index (Phi) is 3.84. The van der Waals surface area contributed by atoms with E-state index in [9.17, 15) is 13.2 Å². The summed E-state index contributed by atoms with van der Waals surface area (Å²) >= 11 is 0. The molecule has 1 rings (SSSR count). The lowest BCUT2D eigenvalue weighted by atomic mass is 10.2. The van der Waals surface area contributed by atoms with Crippen molar-refractivity contribution in [1.82, 2.24) is 0 Å². The molecule has 0 bridgehead atoms. The van der Waals surface area contributed by atoms with Crippen molar-refractivity contribution < 1.29 is 13.2 Å². The molecule has 0 heterocycles. The van der Waals surface area contributed by atoms with Crippen molar-refractivity contribution in [1.29, 1.82) is 10.5 Å². The van der Waals surface area contributed by atoms with Crippen LogP contribution in [-0.4, -0.2) is 6.21 Å². The quantitative estimate of drug-likeness (QED) is 0.742. The summed E-state index contributed by atoms with van der Waals surface area (Å²) in [5.74, 6) is -1.07. The lowest BCUT2D eigenvalue weighted by Crippen LogP contribution is -2.03. The summed E-state index contributed by atoms with van der Waals surface area (Å²) in [5.41, 5.74) is -0.770. The second-order valence-corrected chi connectivity index (χ2v) is 3.06. The average Bonchev–Trinajstić information content (AvgIpc) is 2.30. The minimum atomic E-state index is -4.44. The van der Waals surface area contributed by atoms with E-state index in [0.717, 1.165) is 18.3 Å². The number of hydrogen-bond acceptors (Lipinski definition) is 3. The third-order valence-electron chi connectivity index (χ3n) is 1.82. The molecule has 0 saturated heterocycles. The highest BCUT2D eigenvalue weighted by molar-refractivity contribution is 5.71. The highest BCUT2D eigenvalue weighted by Crippen LogP contribution is 2.31. The third-order valence-corrected chi connectivity index (χ3v) is 1.82. The van der Waals surface area contributed by atoms with Crippen molar-refractivity contribution in [3.8, 4) is 12.1 Å². The van der Waals surface area contributed by atoms with Crippen LogP contribution in [0.25, 0.3) is 0 Å². The smallest absolute Gasteiger partial charge is 0.259 e. The fourth-order valence-electron chi connectivity index (χ4n) is 1.02. The van der Waals surface area contributed by atoms with Gasteiger partial charge in [0.15, 0.2) is 5.92 Å². The first-order valence-electron chi connectivity index (χ1n) is 4.48. The van der Waals surface area contributed by atoms with Gasteiger partial charge in [0.2, 0.25) is 0 Å². The van der Waals surface area contributed by atoms with Gasteiger partial charge >= 0.3 is 6.18 Å². The molecule has 0 atom stereocenters. The SMILES string of the molecule is N#CC(C#N)C=Nc1cccc(C(F)(F)F)c1. The zero-order chi connectivity index (χ0) is 12.9. The summed E-state index contributed by atoms with van der Waals surface area (Å²) in [6.07, 6.45) is -3.43. The van der Waals surface area contributed by atoms with Crippen LogP contribution in [0.2, 0.25) is 0 Å². The minimum Gasteiger partial charge on any atom is -0.259 e. The Morgan fingerprint density at radius 3 is 2.41 bits per heavy atom. The molecule has 0 fully saturated rings. The monoisotopic (exact) mass is 237 g/mol. The van der Waals surface area contributed by atoms with E-state index in [1.54, 1.807) is 12.1 Å². The van der Waals surface area contributed by atoms with E-state index in [1.165, 1.54) is 12.1 Å². The fourth-order valence-corrected chi connectivity index (χ4v) is 1.02. The Hall–Kier alpha value is -2.34. The van der Waals surface area contributed by atoms with Crippen molar-refractivity contribution in [3.63, 3.8) is 0 Å². The topological polar surface area (TPSA) is 59.9 Å². The van der Waals surface area contributed by atoms with Crippen LogP contribution in [0.5, 0.6) is 0 Å². The van der Waals surface area contributed by atoms with Crippen molar-refractivity contribution in [2.45, 2.75) is 6.18 Å². The number of halogens is 3. The second kappa shape index (κ2) is 5.13. The number of aliphatic imine (C=N–C) groups is 1. The zero-order valence-corrected chi connectivity index (χ0v) is 8.44. The summed E-state index contributed by atoms with van der Waals surface area (Å²) in [7, 11) is 0. The van der Waals surface area contributed by atoms with Crippen molar-refractivity contribution in [2.75, 3.05) is 0 Å². The zero-order valence-electron chi connectivity index (χ0n) is 8.44. The molecule has 17 heavy (non-hydrogen) atoms. The molecule has 0 saturated carbocycles. The minimum absolute atomic E-state index is 0.0512. The van der Waals surface area contributed by atoms with Crippen molar-refractivity contribution >= 4 is 11.9 Å². The molecule has 1 aromatic carbocycles. The van der Waals surface area contributed by atoms with Crippen LogP contribution in [0.4, 0.5) is 18.9 Å². The van der Waals surface area contributed by atoms with Gasteiger partial charge in [0.05, 0.1) is 23.4 Å². The number of nitriles is 2. The maximum atomic E-state index is 12.3. The number of nitrogens with zero attached hydrogens (tertiary/aromatic N) is 3. The van der Waals surface area contributed by atoms with Gasteiger partial charge in [0.1, 0.15) is 0 Å². The maximum absolute atomic E-state index is 12.3. The summed E-state index contributed by atoms with van der Waals surface area (Å²) in [6.45, 7) is 0. The predicted octanol–water partition coefficient (Wildman–Crippen LogP) is 3.07. The van der Waals surface area contributed by atoms with E-state index in [-0.39, 0.29) is 5.69 Å². The van der Waals surface area contributed by atoms with E-state index in [1.807, 2.05) is 0 Å². The number of benzene rings is 1. The molecule has 0 aromatic heterocycles. The molecule has 0 amide bonds. The Balaban J connectivity index is 2.96. The second-order valence-electron chi connectivity index (χ2n) is 3.06. The first-order valence-corrected chi connectivity index (χ1v) is 4.48. The van der Waals surface area contributed by atoms with Crippen LogP contribution in [0.15, 0.2) is 29.3 Å². The molecule has 6 heteroatoms. The van der Waals surface area contributed by atoms with Gasteiger partial charge < -0.3 is 0 Å². The third kappa shape index (κ3) is 3.62. The first-order chi connectivity index (χ1) is 7.97. The molecule has 0 aliphatic heterocycles. The molecule has 0 aliphatic rings. The van der Waals surface area contributed by atoms with Crippen LogP contribution < -0.4 is 0 Å². The molecule has 0 radical (unpaired) electrons. The van der Waals surface area contributed by atoms with Gasteiger partial charge in [-0.2, -0.15) is 23.7 Å². The summed E-state index contributed by atoms with van der Waals surface area (Å²) in [6, 6.07) is 7.61. The van der Waals surface area contributed by atoms with Crippen LogP contribution in [0.3, 0.4) is 0 Å². The molecular formula is C11H6F3N3. The molecule has 0 spiro atoms. The largest absolute Gasteiger partial charge is 0.416 e. The summed E-state index contributed by atoms with van der Waals surface area (Å²) in [4.78, 5) is 3.65. The van der Waals surface area contributed by atoms with Crippen LogP contribution in [0.1, 0.15) is 5.56 Å². The molecule has 0 aliphatic carbocycles. The Bertz CT molecular complexity index is 492. The van der Waals surface area contributed by atoms with Gasteiger partial charge in [-0.05, 0) is 18.2 Å². The van der Waals surface area contributed by atoms with Gasteiger partial charge in [0.25, 0.3) is 0 Å². The molecule has 3 nitrogen and oxygen atoms in total. The van der Waals surface area contributed by atoms with Gasteiger partial charge in [-0.15, -0.1) is 0 Å². The van der Waals surface area contributed by atoms with E-state index >= 15 is 0 Å². The van der Waals surface area contributed by atoms with Crippen molar-refractivity contribution in [3.05, 3.63) is 29.8 Å². The fraction of sp³-hybridized carbons (Fsp3) is 0.182. The first kappa shape index (κ1) is 12.7. The molecule has 1 aromatic rings. The highest BCUT2D eigenvalue weighted by Gasteiger charge is 2.30. The number of hydrogen-bond donors (Lipinski definition) is 0. The number of rotatable bonds is 2. The van der Waals surface area contributed by atoms with Gasteiger partial charge in [-0.1, -0.05) is 6.07 Å². The Labute approximate surface area is 95.4 Å². The van der Waals surface area contributed by atoms with Crippen LogP contribution >= 0.6 is 0 Å². The van der Waals surface area contributed by atoms with Crippen LogP contribution in [0, 0.1) is 28.6 Å². The highest BCUT2D eigenvalue weighted by atomic mass is 19.4. The molecular weight excluding hydrogens is 231 g/mol. The van der Waals surface area contributed by atoms with E-state index in [4.69, 9.17) is 10.5 Å². The van der Waals surface area contributed by atoms with E-state index in [2.05, 4.69) is 4.99 Å². The lowest BCUT2D eigenvalue weighted by Gasteiger charge is -2.06. The van der Waals surface area contributed by atoms with Gasteiger partial charge in [-0.25, -0.2) is 0 Å². The van der Waals surface area contributed by atoms with E-state index < -0.39 is 17.7 Å². The average molecular weight is 237 g/mol. The van der Waals surface area contributed by atoms with Crippen LogP contribution in [-0.2, 0) is 6.18 Å². The van der Waals surface area contributed by atoms with Crippen molar-refractivity contribution in [2.24, 2.45) is 10.9 Å². The normalized spacial score (nSPS) is 11.4. The number of alkyl halides is 3. The Morgan fingerprint density at radius 2 is 1.88 bits per heavy atom. The van der Waals surface area contributed by atoms with E-state index in [0.29, 0.717) is 0 Å². The standard InChI is InChI=1S/C11H6F3N3/c12-11(13,14)9-2-1-3-10(4-9)17-7-8(5-15)6-16/h1-4,7-8H. The molecule has 0 N–H and O–H groups in total. The maximum Gasteiger partial charge on any atom is 0.416 e. The van der Waals surface area contributed by atoms with Gasteiger partial charge in [0, 0.05) is 6.21 Å². The molecule has 0 unspecified atom stereocenters.